The largest absolute Gasteiger partial charge is 0.465 e. The van der Waals surface area contributed by atoms with Crippen molar-refractivity contribution in [1.29, 1.82) is 5.26 Å². The molecule has 0 unspecified atom stereocenters. The molecule has 0 bridgehead atoms. The highest BCUT2D eigenvalue weighted by Gasteiger charge is 2.17. The molecule has 0 aliphatic heterocycles. The first-order chi connectivity index (χ1) is 8.45. The van der Waals surface area contributed by atoms with Crippen LogP contribution in [-0.2, 0) is 14.4 Å². The lowest BCUT2D eigenvalue weighted by Gasteiger charge is -2.02. The van der Waals surface area contributed by atoms with Crippen LogP contribution in [0.5, 0.6) is 0 Å². The van der Waals surface area contributed by atoms with Crippen LogP contribution in [0.25, 0.3) is 6.08 Å². The lowest BCUT2D eigenvalue weighted by atomic mass is 10.3. The summed E-state index contributed by atoms with van der Waals surface area (Å²) in [7, 11) is -3.77. The van der Waals surface area contributed by atoms with Crippen molar-refractivity contribution in [2.75, 3.05) is 0 Å². The van der Waals surface area contributed by atoms with Gasteiger partial charge in [-0.05, 0) is 38.1 Å². The highest BCUT2D eigenvalue weighted by Crippen LogP contribution is 2.05. The summed E-state index contributed by atoms with van der Waals surface area (Å²) in [5.74, 6) is 0.518. The minimum absolute atomic E-state index is 0.171. The minimum Gasteiger partial charge on any atom is -0.465 e. The fraction of sp³-hybridized carbons (Fsp3) is 0.273. The van der Waals surface area contributed by atoms with Gasteiger partial charge < -0.3 is 4.42 Å². The van der Waals surface area contributed by atoms with Crippen LogP contribution in [0.1, 0.15) is 19.6 Å². The maximum atomic E-state index is 11.3. The molecule has 0 spiro atoms. The van der Waals surface area contributed by atoms with Crippen molar-refractivity contribution in [3.63, 3.8) is 0 Å². The molecule has 0 N–H and O–H groups in total. The van der Waals surface area contributed by atoms with E-state index in [4.69, 9.17) is 9.68 Å². The molecule has 0 fully saturated rings. The van der Waals surface area contributed by atoms with E-state index in [1.165, 1.54) is 32.3 Å². The Morgan fingerprint density at radius 1 is 1.61 bits per heavy atom. The topological polar surface area (TPSA) is 92.7 Å². The van der Waals surface area contributed by atoms with Gasteiger partial charge in [0.1, 0.15) is 11.8 Å². The number of rotatable bonds is 5. The van der Waals surface area contributed by atoms with Gasteiger partial charge in [-0.1, -0.05) is 5.16 Å². The third kappa shape index (κ3) is 4.07. The third-order valence-corrected chi connectivity index (χ3v) is 3.32. The summed E-state index contributed by atoms with van der Waals surface area (Å²) in [6.45, 7) is 2.91. The van der Waals surface area contributed by atoms with Crippen LogP contribution in [-0.4, -0.2) is 19.4 Å². The summed E-state index contributed by atoms with van der Waals surface area (Å²) in [5.41, 5.74) is -0.171. The predicted molar refractivity (Wildman–Crippen MR) is 65.9 cm³/mol. The quantitative estimate of drug-likeness (QED) is 0.601. The van der Waals surface area contributed by atoms with Crippen LogP contribution in [0.4, 0.5) is 0 Å². The van der Waals surface area contributed by atoms with E-state index >= 15 is 0 Å². The summed E-state index contributed by atoms with van der Waals surface area (Å²) in [6.07, 6.45) is 4.25. The molecule has 0 amide bonds. The molecular formula is C11H12N2O4S. The van der Waals surface area contributed by atoms with Crippen LogP contribution in [0, 0.1) is 11.3 Å². The van der Waals surface area contributed by atoms with Crippen molar-refractivity contribution >= 4 is 21.9 Å². The monoisotopic (exact) mass is 268 g/mol. The smallest absolute Gasteiger partial charge is 0.330 e. The van der Waals surface area contributed by atoms with Crippen molar-refractivity contribution in [2.24, 2.45) is 5.16 Å². The zero-order valence-electron chi connectivity index (χ0n) is 9.90. The highest BCUT2D eigenvalue weighted by atomic mass is 32.2. The normalized spacial score (nSPS) is 12.9. The van der Waals surface area contributed by atoms with Crippen LogP contribution < -0.4 is 0 Å². The fourth-order valence-corrected chi connectivity index (χ4v) is 1.17. The molecule has 0 aliphatic rings. The van der Waals surface area contributed by atoms with Crippen molar-refractivity contribution in [2.45, 2.75) is 19.1 Å². The standard InChI is InChI=1S/C11H12N2O4S/c1-9(2)18(14,15)17-13-10(8-12)5-6-11-4-3-7-16-11/h3-7,9H,1-2H3/b6-5+,13-10-. The molecule has 18 heavy (non-hydrogen) atoms. The second-order valence-electron chi connectivity index (χ2n) is 3.55. The maximum Gasteiger partial charge on any atom is 0.330 e. The molecule has 96 valence electrons. The zero-order chi connectivity index (χ0) is 13.6. The van der Waals surface area contributed by atoms with Gasteiger partial charge in [-0.25, -0.2) is 0 Å². The van der Waals surface area contributed by atoms with Gasteiger partial charge in [0.05, 0.1) is 11.5 Å². The summed E-state index contributed by atoms with van der Waals surface area (Å²) < 4.78 is 32.0. The Kier molecular flexibility index (Phi) is 4.68. The van der Waals surface area contributed by atoms with Crippen LogP contribution in [0.3, 0.4) is 0 Å². The lowest BCUT2D eigenvalue weighted by molar-refractivity contribution is 0.335. The van der Waals surface area contributed by atoms with Crippen molar-refractivity contribution in [3.05, 3.63) is 30.2 Å². The first-order valence-corrected chi connectivity index (χ1v) is 6.55. The van der Waals surface area contributed by atoms with Gasteiger partial charge in [-0.15, -0.1) is 0 Å². The first kappa shape index (κ1) is 14.0. The number of allylic oxidation sites excluding steroid dienone is 1. The summed E-state index contributed by atoms with van der Waals surface area (Å²) in [6, 6.07) is 5.07. The molecule has 1 aromatic rings. The van der Waals surface area contributed by atoms with E-state index in [9.17, 15) is 8.42 Å². The van der Waals surface area contributed by atoms with Crippen molar-refractivity contribution in [1.82, 2.24) is 0 Å². The number of nitrogens with zero attached hydrogens (tertiary/aromatic N) is 2. The Morgan fingerprint density at radius 2 is 2.33 bits per heavy atom. The Labute approximate surface area is 105 Å². The molecule has 1 heterocycles. The van der Waals surface area contributed by atoms with E-state index in [1.807, 2.05) is 0 Å². The van der Waals surface area contributed by atoms with E-state index in [0.717, 1.165) is 0 Å². The average molecular weight is 268 g/mol. The van der Waals surface area contributed by atoms with E-state index < -0.39 is 15.4 Å². The van der Waals surface area contributed by atoms with Gasteiger partial charge in [-0.3, -0.25) is 4.28 Å². The van der Waals surface area contributed by atoms with Gasteiger partial charge in [0.15, 0.2) is 5.71 Å². The van der Waals surface area contributed by atoms with Gasteiger partial charge in [-0.2, -0.15) is 13.7 Å². The van der Waals surface area contributed by atoms with Crippen LogP contribution in [0.2, 0.25) is 0 Å². The summed E-state index contributed by atoms with van der Waals surface area (Å²) >= 11 is 0. The van der Waals surface area contributed by atoms with Gasteiger partial charge in [0.25, 0.3) is 0 Å². The zero-order valence-corrected chi connectivity index (χ0v) is 10.7. The molecule has 6 nitrogen and oxygen atoms in total. The predicted octanol–water partition coefficient (Wildman–Crippen LogP) is 1.93. The highest BCUT2D eigenvalue weighted by molar-refractivity contribution is 7.87. The third-order valence-electron chi connectivity index (χ3n) is 1.88. The van der Waals surface area contributed by atoms with Crippen LogP contribution >= 0.6 is 0 Å². The van der Waals surface area contributed by atoms with Crippen molar-refractivity contribution < 1.29 is 17.1 Å². The summed E-state index contributed by atoms with van der Waals surface area (Å²) in [4.78, 5) is 0. The Hall–Kier alpha value is -2.07. The Balaban J connectivity index is 2.77. The molecule has 0 atom stereocenters. The Bertz CT molecular complexity index is 577. The molecule has 1 rings (SSSR count). The molecule has 0 aliphatic carbocycles. The maximum absolute atomic E-state index is 11.3. The summed E-state index contributed by atoms with van der Waals surface area (Å²) in [5, 5.41) is 11.3. The number of hydrogen-bond donors (Lipinski definition) is 0. The average Bonchev–Trinajstić information content (AvgIpc) is 2.82. The molecule has 0 saturated carbocycles. The number of nitriles is 1. The number of hydrogen-bond acceptors (Lipinski definition) is 6. The van der Waals surface area contributed by atoms with Crippen molar-refractivity contribution in [3.8, 4) is 6.07 Å². The van der Waals surface area contributed by atoms with E-state index in [0.29, 0.717) is 5.76 Å². The fourth-order valence-electron chi connectivity index (χ4n) is 0.813. The molecule has 0 radical (unpaired) electrons. The molecule has 1 aromatic heterocycles. The second kappa shape index (κ2) is 6.02. The number of furan rings is 1. The first-order valence-electron chi connectivity index (χ1n) is 5.08. The van der Waals surface area contributed by atoms with Crippen LogP contribution in [0.15, 0.2) is 34.0 Å². The van der Waals surface area contributed by atoms with E-state index in [-0.39, 0.29) is 5.71 Å². The molecule has 0 saturated heterocycles. The second-order valence-corrected chi connectivity index (χ2v) is 5.63. The van der Waals surface area contributed by atoms with Gasteiger partial charge in [0, 0.05) is 0 Å². The Morgan fingerprint density at radius 3 is 2.83 bits per heavy atom. The number of oxime groups is 1. The van der Waals surface area contributed by atoms with E-state index in [2.05, 4.69) is 9.44 Å². The van der Waals surface area contributed by atoms with Gasteiger partial charge >= 0.3 is 10.1 Å². The molecule has 0 aromatic carbocycles. The molecule has 7 heteroatoms. The van der Waals surface area contributed by atoms with E-state index in [1.54, 1.807) is 18.2 Å². The van der Waals surface area contributed by atoms with Gasteiger partial charge in [0.2, 0.25) is 0 Å². The minimum atomic E-state index is -3.77. The SMILES string of the molecule is CC(C)S(=O)(=O)O/N=C(C#N)/C=C/c1ccco1. The lowest BCUT2D eigenvalue weighted by Crippen LogP contribution is -2.15. The molecular weight excluding hydrogens is 256 g/mol.